The first kappa shape index (κ1) is 19.4. The number of carbonyl (C=O) groups excluding carboxylic acids is 4. The smallest absolute Gasteiger partial charge is 0.325 e. The van der Waals surface area contributed by atoms with Gasteiger partial charge in [-0.1, -0.05) is 0 Å². The van der Waals surface area contributed by atoms with Crippen LogP contribution in [0.3, 0.4) is 0 Å². The highest BCUT2D eigenvalue weighted by atomic mass is 19.1. The molecule has 26 heavy (non-hydrogen) atoms. The van der Waals surface area contributed by atoms with E-state index < -0.39 is 36.8 Å². The first-order valence-corrected chi connectivity index (χ1v) is 8.08. The summed E-state index contributed by atoms with van der Waals surface area (Å²) in [5.41, 5.74) is 0.191. The topological polar surface area (TPSA) is 105 Å². The lowest BCUT2D eigenvalue weighted by Crippen LogP contribution is -2.41. The molecule has 0 aliphatic heterocycles. The number of nitrogens with zero attached hydrogens (tertiary/aromatic N) is 1. The second-order valence-electron chi connectivity index (χ2n) is 5.94. The number of amides is 3. The van der Waals surface area contributed by atoms with Gasteiger partial charge in [-0.05, 0) is 37.1 Å². The number of halogens is 1. The van der Waals surface area contributed by atoms with Crippen molar-refractivity contribution in [3.05, 3.63) is 35.6 Å². The lowest BCUT2D eigenvalue weighted by Gasteiger charge is -2.16. The van der Waals surface area contributed by atoms with E-state index in [0.29, 0.717) is 0 Å². The summed E-state index contributed by atoms with van der Waals surface area (Å²) in [7, 11) is 1.43. The first-order valence-electron chi connectivity index (χ1n) is 8.08. The Morgan fingerprint density at radius 3 is 2.46 bits per heavy atom. The number of ether oxygens (including phenoxy) is 1. The summed E-state index contributed by atoms with van der Waals surface area (Å²) in [5, 5.41) is 5.05. The summed E-state index contributed by atoms with van der Waals surface area (Å²) in [6.45, 7) is -1.08. The second kappa shape index (κ2) is 8.93. The van der Waals surface area contributed by atoms with Gasteiger partial charge in [-0.3, -0.25) is 19.2 Å². The molecular formula is C17H20FN3O5. The molecule has 2 N–H and O–H groups in total. The van der Waals surface area contributed by atoms with Crippen molar-refractivity contribution in [2.45, 2.75) is 18.9 Å². The number of hydrogen-bond donors (Lipinski definition) is 2. The number of rotatable bonds is 8. The Kier molecular flexibility index (Phi) is 6.65. The maximum absolute atomic E-state index is 12.8. The highest BCUT2D eigenvalue weighted by molar-refractivity contribution is 5.96. The summed E-state index contributed by atoms with van der Waals surface area (Å²) in [4.78, 5) is 47.9. The average molecular weight is 365 g/mol. The Morgan fingerprint density at radius 2 is 1.85 bits per heavy atom. The van der Waals surface area contributed by atoms with Gasteiger partial charge in [0.2, 0.25) is 5.91 Å². The molecule has 0 unspecified atom stereocenters. The van der Waals surface area contributed by atoms with Gasteiger partial charge in [0.05, 0.1) is 6.54 Å². The minimum Gasteiger partial charge on any atom is -0.454 e. The van der Waals surface area contributed by atoms with Crippen LogP contribution in [-0.4, -0.2) is 61.4 Å². The van der Waals surface area contributed by atoms with E-state index >= 15 is 0 Å². The molecule has 0 spiro atoms. The van der Waals surface area contributed by atoms with Gasteiger partial charge >= 0.3 is 5.97 Å². The van der Waals surface area contributed by atoms with Crippen molar-refractivity contribution in [1.82, 2.24) is 15.5 Å². The predicted octanol–water partition coefficient (Wildman–Crippen LogP) is -0.164. The highest BCUT2D eigenvalue weighted by Gasteiger charge is 2.24. The molecule has 8 nitrogen and oxygen atoms in total. The van der Waals surface area contributed by atoms with E-state index in [1.165, 1.54) is 19.2 Å². The van der Waals surface area contributed by atoms with Gasteiger partial charge < -0.3 is 20.3 Å². The fourth-order valence-electron chi connectivity index (χ4n) is 1.96. The normalized spacial score (nSPS) is 12.8. The molecule has 3 amide bonds. The van der Waals surface area contributed by atoms with Crippen LogP contribution in [0.4, 0.5) is 4.39 Å². The van der Waals surface area contributed by atoms with Crippen molar-refractivity contribution < 1.29 is 28.3 Å². The van der Waals surface area contributed by atoms with Crippen LogP contribution in [0.25, 0.3) is 0 Å². The molecule has 0 heterocycles. The quantitative estimate of drug-likeness (QED) is 0.623. The maximum atomic E-state index is 12.8. The molecule has 1 aliphatic carbocycles. The van der Waals surface area contributed by atoms with E-state index in [-0.39, 0.29) is 24.1 Å². The standard InChI is InChI=1S/C17H20FN3O5/c1-21(9-14(22)20-13-6-7-13)15(23)10-26-16(24)8-19-17(25)11-2-4-12(18)5-3-11/h2-5,13H,6-10H2,1H3,(H,19,25)(H,20,22). The van der Waals surface area contributed by atoms with Crippen molar-refractivity contribution in [2.24, 2.45) is 0 Å². The number of nitrogens with one attached hydrogen (secondary N) is 2. The Hall–Kier alpha value is -2.97. The van der Waals surface area contributed by atoms with Crippen LogP contribution in [0.5, 0.6) is 0 Å². The van der Waals surface area contributed by atoms with Crippen molar-refractivity contribution in [2.75, 3.05) is 26.7 Å². The maximum Gasteiger partial charge on any atom is 0.325 e. The Morgan fingerprint density at radius 1 is 1.19 bits per heavy atom. The summed E-state index contributed by atoms with van der Waals surface area (Å²) >= 11 is 0. The van der Waals surface area contributed by atoms with Gasteiger partial charge in [0.25, 0.3) is 11.8 Å². The molecule has 0 aromatic heterocycles. The number of benzene rings is 1. The van der Waals surface area contributed by atoms with Crippen LogP contribution in [0.15, 0.2) is 24.3 Å². The second-order valence-corrected chi connectivity index (χ2v) is 5.94. The fourth-order valence-corrected chi connectivity index (χ4v) is 1.96. The molecule has 1 aromatic rings. The zero-order valence-corrected chi connectivity index (χ0v) is 14.3. The van der Waals surface area contributed by atoms with E-state index in [0.717, 1.165) is 29.9 Å². The minimum absolute atomic E-state index is 0.117. The minimum atomic E-state index is -0.801. The van der Waals surface area contributed by atoms with E-state index in [1.54, 1.807) is 0 Å². The summed E-state index contributed by atoms with van der Waals surface area (Å²) in [6, 6.07) is 5.01. The third-order valence-corrected chi connectivity index (χ3v) is 3.61. The molecule has 1 aromatic carbocycles. The van der Waals surface area contributed by atoms with Crippen molar-refractivity contribution >= 4 is 23.7 Å². The van der Waals surface area contributed by atoms with Crippen molar-refractivity contribution in [1.29, 1.82) is 0 Å². The molecule has 1 aliphatic rings. The number of likely N-dealkylation sites (N-methyl/N-ethyl adjacent to an activating group) is 1. The molecule has 1 fully saturated rings. The van der Waals surface area contributed by atoms with E-state index in [9.17, 15) is 23.6 Å². The third-order valence-electron chi connectivity index (χ3n) is 3.61. The van der Waals surface area contributed by atoms with Gasteiger partial charge in [0.15, 0.2) is 6.61 Å². The van der Waals surface area contributed by atoms with Crippen LogP contribution >= 0.6 is 0 Å². The van der Waals surface area contributed by atoms with Crippen LogP contribution in [0.1, 0.15) is 23.2 Å². The number of carbonyl (C=O) groups is 4. The molecule has 140 valence electrons. The Bertz CT molecular complexity index is 688. The van der Waals surface area contributed by atoms with E-state index in [2.05, 4.69) is 10.6 Å². The summed E-state index contributed by atoms with van der Waals surface area (Å²) in [5.74, 6) is -2.64. The van der Waals surface area contributed by atoms with Gasteiger partial charge in [-0.25, -0.2) is 4.39 Å². The monoisotopic (exact) mass is 365 g/mol. The molecule has 0 bridgehead atoms. The summed E-state index contributed by atoms with van der Waals surface area (Å²) in [6.07, 6.45) is 1.90. The Labute approximate surface area is 149 Å². The zero-order valence-electron chi connectivity index (χ0n) is 14.3. The third kappa shape index (κ3) is 6.50. The number of esters is 1. The molecule has 1 saturated carbocycles. The van der Waals surface area contributed by atoms with Crippen LogP contribution < -0.4 is 10.6 Å². The van der Waals surface area contributed by atoms with Crippen LogP contribution in [-0.2, 0) is 19.1 Å². The van der Waals surface area contributed by atoms with Crippen molar-refractivity contribution in [3.8, 4) is 0 Å². The average Bonchev–Trinajstić information content (AvgIpc) is 3.41. The van der Waals surface area contributed by atoms with Gasteiger partial charge in [0.1, 0.15) is 12.4 Å². The van der Waals surface area contributed by atoms with Crippen LogP contribution in [0, 0.1) is 5.82 Å². The highest BCUT2D eigenvalue weighted by Crippen LogP contribution is 2.18. The van der Waals surface area contributed by atoms with E-state index in [4.69, 9.17) is 4.74 Å². The molecule has 0 saturated heterocycles. The molecule has 0 radical (unpaired) electrons. The van der Waals surface area contributed by atoms with Gasteiger partial charge in [-0.2, -0.15) is 0 Å². The lowest BCUT2D eigenvalue weighted by atomic mass is 10.2. The lowest BCUT2D eigenvalue weighted by molar-refractivity contribution is -0.151. The van der Waals surface area contributed by atoms with Crippen LogP contribution in [0.2, 0.25) is 0 Å². The largest absolute Gasteiger partial charge is 0.454 e. The van der Waals surface area contributed by atoms with Crippen molar-refractivity contribution in [3.63, 3.8) is 0 Å². The molecule has 2 rings (SSSR count). The zero-order chi connectivity index (χ0) is 19.1. The molecule has 9 heteroatoms. The molecule has 0 atom stereocenters. The van der Waals surface area contributed by atoms with Gasteiger partial charge in [0, 0.05) is 18.7 Å². The fraction of sp³-hybridized carbons (Fsp3) is 0.412. The predicted molar refractivity (Wildman–Crippen MR) is 88.5 cm³/mol. The summed E-state index contributed by atoms with van der Waals surface area (Å²) < 4.78 is 17.6. The Balaban J connectivity index is 1.65. The van der Waals surface area contributed by atoms with E-state index in [1.807, 2.05) is 0 Å². The SMILES string of the molecule is CN(CC(=O)NC1CC1)C(=O)COC(=O)CNC(=O)c1ccc(F)cc1. The van der Waals surface area contributed by atoms with Gasteiger partial charge in [-0.15, -0.1) is 0 Å². The first-order chi connectivity index (χ1) is 12.3. The molecular weight excluding hydrogens is 345 g/mol. The number of hydrogen-bond acceptors (Lipinski definition) is 5.